The highest BCUT2D eigenvalue weighted by Gasteiger charge is 2.03. The van der Waals surface area contributed by atoms with Gasteiger partial charge in [-0.2, -0.15) is 0 Å². The minimum atomic E-state index is -0.313. The second-order valence-corrected chi connectivity index (χ2v) is 4.22. The zero-order chi connectivity index (χ0) is 15.0. The largest absolute Gasteiger partial charge is 0.487 e. The molecule has 0 radical (unpaired) electrons. The molecule has 0 aliphatic carbocycles. The van der Waals surface area contributed by atoms with Crippen molar-refractivity contribution < 1.29 is 14.3 Å². The van der Waals surface area contributed by atoms with E-state index in [0.29, 0.717) is 12.3 Å². The van der Waals surface area contributed by atoms with E-state index in [1.807, 2.05) is 18.2 Å². The van der Waals surface area contributed by atoms with Gasteiger partial charge in [-0.3, -0.25) is 10.2 Å². The van der Waals surface area contributed by atoms with E-state index in [-0.39, 0.29) is 30.5 Å². The van der Waals surface area contributed by atoms with Crippen LogP contribution in [0.25, 0.3) is 0 Å². The lowest BCUT2D eigenvalue weighted by Gasteiger charge is -2.09. The lowest BCUT2D eigenvalue weighted by atomic mass is 10.2. The average molecular weight is 277 g/mol. The van der Waals surface area contributed by atoms with Crippen molar-refractivity contribution in [3.63, 3.8) is 0 Å². The number of methoxy groups -OCH3 is 1. The fourth-order valence-electron chi connectivity index (χ4n) is 1.39. The van der Waals surface area contributed by atoms with Gasteiger partial charge in [0.25, 0.3) is 0 Å². The molecular weight excluding hydrogens is 258 g/mol. The molecule has 1 aromatic rings. The molecule has 1 aromatic carbocycles. The summed E-state index contributed by atoms with van der Waals surface area (Å²) in [4.78, 5) is 11.0. The van der Waals surface area contributed by atoms with Gasteiger partial charge in [-0.1, -0.05) is 12.1 Å². The summed E-state index contributed by atoms with van der Waals surface area (Å²) in [6.07, 6.45) is 0. The van der Waals surface area contributed by atoms with Crippen molar-refractivity contribution >= 4 is 17.4 Å². The molecule has 0 fully saturated rings. The quantitative estimate of drug-likeness (QED) is 0.494. The molecular formula is C14H19N3O3. The predicted octanol–water partition coefficient (Wildman–Crippen LogP) is 1.39. The Morgan fingerprint density at radius 3 is 2.75 bits per heavy atom. The third-order valence-corrected chi connectivity index (χ3v) is 2.56. The number of nitrogens with one attached hydrogen (secondary N) is 3. The molecule has 0 aromatic heterocycles. The van der Waals surface area contributed by atoms with Crippen LogP contribution in [0.4, 0.5) is 0 Å². The minimum absolute atomic E-state index is 0.0778. The van der Waals surface area contributed by atoms with Crippen LogP contribution in [0.3, 0.4) is 0 Å². The van der Waals surface area contributed by atoms with Gasteiger partial charge < -0.3 is 20.2 Å². The van der Waals surface area contributed by atoms with Crippen molar-refractivity contribution in [1.29, 1.82) is 10.8 Å². The van der Waals surface area contributed by atoms with Gasteiger partial charge in [-0.05, 0) is 24.6 Å². The first-order valence-corrected chi connectivity index (χ1v) is 6.15. The average Bonchev–Trinajstić information content (AvgIpc) is 2.44. The summed E-state index contributed by atoms with van der Waals surface area (Å²) < 4.78 is 9.96. The molecule has 6 nitrogen and oxygen atoms in total. The minimum Gasteiger partial charge on any atom is -0.487 e. The Morgan fingerprint density at radius 2 is 2.10 bits per heavy atom. The standard InChI is InChI=1S/C14H19N3O3/c1-10(15)13(16)9-20-12-5-3-4-11(6-12)7-17-8-14(18)19-2/h3-6,15-17H,7-9H2,1-2H3. The molecule has 0 bridgehead atoms. The van der Waals surface area contributed by atoms with Crippen molar-refractivity contribution in [3.8, 4) is 5.75 Å². The number of carbonyl (C=O) groups excluding carboxylic acids is 1. The fraction of sp³-hybridized carbons (Fsp3) is 0.357. The SMILES string of the molecule is COC(=O)CNCc1cccc(OCC(=N)C(C)=N)c1. The Balaban J connectivity index is 2.47. The van der Waals surface area contributed by atoms with Crippen molar-refractivity contribution in [2.45, 2.75) is 13.5 Å². The second-order valence-electron chi connectivity index (χ2n) is 4.22. The van der Waals surface area contributed by atoms with E-state index < -0.39 is 0 Å². The predicted molar refractivity (Wildman–Crippen MR) is 76.8 cm³/mol. The zero-order valence-electron chi connectivity index (χ0n) is 11.7. The molecule has 0 spiro atoms. The Morgan fingerprint density at radius 1 is 1.35 bits per heavy atom. The maximum Gasteiger partial charge on any atom is 0.319 e. The van der Waals surface area contributed by atoms with E-state index in [2.05, 4.69) is 10.1 Å². The third-order valence-electron chi connectivity index (χ3n) is 2.56. The number of rotatable bonds is 8. The molecule has 0 saturated carbocycles. The molecule has 0 aliphatic heterocycles. The molecule has 6 heteroatoms. The van der Waals surface area contributed by atoms with Crippen molar-refractivity contribution in [1.82, 2.24) is 5.32 Å². The van der Waals surface area contributed by atoms with Gasteiger partial charge in [-0.15, -0.1) is 0 Å². The van der Waals surface area contributed by atoms with Gasteiger partial charge in [0.1, 0.15) is 12.4 Å². The first kappa shape index (κ1) is 15.8. The summed E-state index contributed by atoms with van der Waals surface area (Å²) in [7, 11) is 1.35. The van der Waals surface area contributed by atoms with Gasteiger partial charge in [0.15, 0.2) is 0 Å². The van der Waals surface area contributed by atoms with E-state index >= 15 is 0 Å². The summed E-state index contributed by atoms with van der Waals surface area (Å²) >= 11 is 0. The Kier molecular flexibility index (Phi) is 6.39. The van der Waals surface area contributed by atoms with Crippen molar-refractivity contribution in [3.05, 3.63) is 29.8 Å². The number of carbonyl (C=O) groups is 1. The van der Waals surface area contributed by atoms with Gasteiger partial charge in [0, 0.05) is 6.54 Å². The van der Waals surface area contributed by atoms with Gasteiger partial charge >= 0.3 is 5.97 Å². The van der Waals surface area contributed by atoms with Crippen molar-refractivity contribution in [2.75, 3.05) is 20.3 Å². The van der Waals surface area contributed by atoms with E-state index in [0.717, 1.165) is 5.56 Å². The van der Waals surface area contributed by atoms with Gasteiger partial charge in [-0.25, -0.2) is 0 Å². The molecule has 1 rings (SSSR count). The number of hydrogen-bond acceptors (Lipinski definition) is 6. The van der Waals surface area contributed by atoms with Crippen LogP contribution >= 0.6 is 0 Å². The Hall–Kier alpha value is -2.21. The Labute approximate surface area is 118 Å². The van der Waals surface area contributed by atoms with E-state index in [1.54, 1.807) is 13.0 Å². The molecule has 0 heterocycles. The lowest BCUT2D eigenvalue weighted by Crippen LogP contribution is -2.23. The summed E-state index contributed by atoms with van der Waals surface area (Å²) in [5, 5.41) is 17.8. The maximum atomic E-state index is 11.0. The van der Waals surface area contributed by atoms with Crippen LogP contribution in [0.15, 0.2) is 24.3 Å². The normalized spacial score (nSPS) is 9.90. The van der Waals surface area contributed by atoms with E-state index in [4.69, 9.17) is 15.6 Å². The highest BCUT2D eigenvalue weighted by molar-refractivity contribution is 6.39. The maximum absolute atomic E-state index is 11.0. The molecule has 0 atom stereocenters. The summed E-state index contributed by atoms with van der Waals surface area (Å²) in [6.45, 7) is 2.31. The fourth-order valence-corrected chi connectivity index (χ4v) is 1.39. The first-order chi connectivity index (χ1) is 9.52. The number of benzene rings is 1. The van der Waals surface area contributed by atoms with Crippen LogP contribution < -0.4 is 10.1 Å². The molecule has 0 saturated heterocycles. The first-order valence-electron chi connectivity index (χ1n) is 6.15. The van der Waals surface area contributed by atoms with Crippen LogP contribution in [0.5, 0.6) is 5.75 Å². The van der Waals surface area contributed by atoms with Crippen LogP contribution in [0, 0.1) is 10.8 Å². The Bertz CT molecular complexity index is 500. The zero-order valence-corrected chi connectivity index (χ0v) is 11.7. The van der Waals surface area contributed by atoms with Crippen LogP contribution in [0.1, 0.15) is 12.5 Å². The van der Waals surface area contributed by atoms with Crippen molar-refractivity contribution in [2.24, 2.45) is 0 Å². The second kappa shape index (κ2) is 8.06. The van der Waals surface area contributed by atoms with Crippen LogP contribution in [-0.2, 0) is 16.1 Å². The smallest absolute Gasteiger partial charge is 0.319 e. The third kappa shape index (κ3) is 5.62. The topological polar surface area (TPSA) is 95.3 Å². The molecule has 0 unspecified atom stereocenters. The van der Waals surface area contributed by atoms with Crippen LogP contribution in [0.2, 0.25) is 0 Å². The summed E-state index contributed by atoms with van der Waals surface area (Å²) in [5.41, 5.74) is 1.31. The lowest BCUT2D eigenvalue weighted by molar-refractivity contribution is -0.139. The van der Waals surface area contributed by atoms with E-state index in [9.17, 15) is 4.79 Å². The molecule has 108 valence electrons. The number of ether oxygens (including phenoxy) is 2. The summed E-state index contributed by atoms with van der Waals surface area (Å²) in [6, 6.07) is 7.36. The number of hydrogen-bond donors (Lipinski definition) is 3. The molecule has 3 N–H and O–H groups in total. The molecule has 0 amide bonds. The molecule has 0 aliphatic rings. The van der Waals surface area contributed by atoms with E-state index in [1.165, 1.54) is 7.11 Å². The van der Waals surface area contributed by atoms with Crippen LogP contribution in [-0.4, -0.2) is 37.7 Å². The highest BCUT2D eigenvalue weighted by atomic mass is 16.5. The summed E-state index contributed by atoms with van der Waals surface area (Å²) in [5.74, 6) is 0.320. The highest BCUT2D eigenvalue weighted by Crippen LogP contribution is 2.13. The van der Waals surface area contributed by atoms with Gasteiger partial charge in [0.2, 0.25) is 0 Å². The van der Waals surface area contributed by atoms with Gasteiger partial charge in [0.05, 0.1) is 25.1 Å². The number of esters is 1. The monoisotopic (exact) mass is 277 g/mol. The molecule has 20 heavy (non-hydrogen) atoms.